The van der Waals surface area contributed by atoms with Gasteiger partial charge >= 0.3 is 0 Å². The van der Waals surface area contributed by atoms with E-state index in [1.54, 1.807) is 95.9 Å². The smallest absolute Gasteiger partial charge is 0.155 e. The summed E-state index contributed by atoms with van der Waals surface area (Å²) >= 11 is 0. The maximum Gasteiger partial charge on any atom is 0.155 e. The summed E-state index contributed by atoms with van der Waals surface area (Å²) in [7, 11) is 0. The van der Waals surface area contributed by atoms with Gasteiger partial charge in [-0.3, -0.25) is 14.4 Å². The van der Waals surface area contributed by atoms with Crippen molar-refractivity contribution in [1.82, 2.24) is 0 Å². The summed E-state index contributed by atoms with van der Waals surface area (Å²) in [5.74, 6) is -1.41. The summed E-state index contributed by atoms with van der Waals surface area (Å²) in [4.78, 5) is 64.5. The summed E-state index contributed by atoms with van der Waals surface area (Å²) in [6.45, 7) is 0. The van der Waals surface area contributed by atoms with Gasteiger partial charge in [-0.1, -0.05) is 54.6 Å². The maximum atomic E-state index is 13.3. The van der Waals surface area contributed by atoms with Gasteiger partial charge in [-0.25, -0.2) is 0 Å². The Morgan fingerprint density at radius 3 is 1.56 bits per heavy atom. The third-order valence-electron chi connectivity index (χ3n) is 6.20. The van der Waals surface area contributed by atoms with Crippen molar-refractivity contribution in [2.75, 3.05) is 10.2 Å². The van der Waals surface area contributed by atoms with E-state index in [1.165, 1.54) is 0 Å². The van der Waals surface area contributed by atoms with E-state index in [9.17, 15) is 24.0 Å². The predicted molar refractivity (Wildman–Crippen MR) is 136 cm³/mol. The molecule has 3 aromatic carbocycles. The van der Waals surface area contributed by atoms with Crippen molar-refractivity contribution in [3.63, 3.8) is 0 Å². The van der Waals surface area contributed by atoms with E-state index in [0.29, 0.717) is 48.5 Å². The van der Waals surface area contributed by atoms with E-state index in [-0.39, 0.29) is 22.4 Å². The Morgan fingerprint density at radius 2 is 1.14 bits per heavy atom. The number of para-hydroxylation sites is 3. The first-order valence-electron chi connectivity index (χ1n) is 11.1. The number of rotatable bonds is 10. The Morgan fingerprint density at radius 1 is 0.639 bits per heavy atom. The highest BCUT2D eigenvalue weighted by molar-refractivity contribution is 6.08. The molecule has 2 atom stereocenters. The molecule has 0 radical (unpaired) electrons. The summed E-state index contributed by atoms with van der Waals surface area (Å²) in [6, 6.07) is 26.4. The fraction of sp³-hybridized carbons (Fsp3) is 0.0690. The summed E-state index contributed by atoms with van der Waals surface area (Å²) in [5, 5.41) is 3.12. The maximum absolute atomic E-state index is 13.3. The van der Waals surface area contributed by atoms with Crippen LogP contribution in [0.25, 0.3) is 0 Å². The Hall–Kier alpha value is -4.91. The SMILES string of the molecule is O=CC1=C(C=O)C(C=O)C(C=O)(N(c2ccccc2)c2ccccc2)C(Nc2ccccc2)=C1C=O. The van der Waals surface area contributed by atoms with Crippen LogP contribution < -0.4 is 10.2 Å². The summed E-state index contributed by atoms with van der Waals surface area (Å²) in [6.07, 6.45) is 2.16. The van der Waals surface area contributed by atoms with Gasteiger partial charge in [0.25, 0.3) is 0 Å². The van der Waals surface area contributed by atoms with Gasteiger partial charge in [0.15, 0.2) is 24.4 Å². The molecule has 0 aromatic heterocycles. The number of carbonyl (C=O) groups excluding carboxylic acids is 5. The molecule has 0 amide bonds. The topological polar surface area (TPSA) is 101 Å². The van der Waals surface area contributed by atoms with Crippen molar-refractivity contribution >= 4 is 48.5 Å². The van der Waals surface area contributed by atoms with Crippen LogP contribution in [-0.2, 0) is 24.0 Å². The number of hydrogen-bond donors (Lipinski definition) is 1. The highest BCUT2D eigenvalue weighted by atomic mass is 16.1. The van der Waals surface area contributed by atoms with E-state index >= 15 is 0 Å². The second-order valence-corrected chi connectivity index (χ2v) is 8.07. The van der Waals surface area contributed by atoms with Crippen molar-refractivity contribution in [1.29, 1.82) is 0 Å². The predicted octanol–water partition coefficient (Wildman–Crippen LogP) is 3.85. The molecule has 0 fully saturated rings. The molecule has 0 aliphatic heterocycles. The molecule has 3 aromatic rings. The van der Waals surface area contributed by atoms with Gasteiger partial charge in [-0.05, 0) is 36.4 Å². The normalized spacial score (nSPS) is 19.3. The van der Waals surface area contributed by atoms with Gasteiger partial charge in [0.1, 0.15) is 12.6 Å². The average molecular weight is 479 g/mol. The largest absolute Gasteiger partial charge is 0.356 e. The number of aldehydes is 5. The summed E-state index contributed by atoms with van der Waals surface area (Å²) < 4.78 is 0. The fourth-order valence-electron chi connectivity index (χ4n) is 4.63. The highest BCUT2D eigenvalue weighted by Gasteiger charge is 2.54. The Balaban J connectivity index is 2.15. The van der Waals surface area contributed by atoms with E-state index in [0.717, 1.165) is 0 Å². The van der Waals surface area contributed by atoms with Crippen LogP contribution in [0, 0.1) is 5.92 Å². The fourth-order valence-corrected chi connectivity index (χ4v) is 4.63. The molecule has 36 heavy (non-hydrogen) atoms. The molecular formula is C29H22N2O5. The van der Waals surface area contributed by atoms with Crippen LogP contribution in [0.4, 0.5) is 17.1 Å². The monoisotopic (exact) mass is 478 g/mol. The standard InChI is InChI=1S/C29H22N2O5/c32-16-24-25(17-33)27(19-35)29(20-36,28(26(24)18-34)30-21-10-4-1-5-11-21)31(22-12-6-2-7-13-22)23-14-8-3-9-15-23/h1-20,27,30H. The number of allylic oxidation sites excluding steroid dienone is 2. The van der Waals surface area contributed by atoms with E-state index in [1.807, 2.05) is 0 Å². The van der Waals surface area contributed by atoms with E-state index in [4.69, 9.17) is 0 Å². The third kappa shape index (κ3) is 3.96. The van der Waals surface area contributed by atoms with Crippen LogP contribution in [-0.4, -0.2) is 37.0 Å². The van der Waals surface area contributed by atoms with Gasteiger partial charge in [0, 0.05) is 33.8 Å². The van der Waals surface area contributed by atoms with E-state index in [2.05, 4.69) is 5.32 Å². The Labute approximate surface area is 207 Å². The highest BCUT2D eigenvalue weighted by Crippen LogP contribution is 2.47. The molecule has 178 valence electrons. The van der Waals surface area contributed by atoms with Crippen molar-refractivity contribution in [2.45, 2.75) is 5.54 Å². The van der Waals surface area contributed by atoms with Gasteiger partial charge in [0.2, 0.25) is 0 Å². The molecule has 1 aliphatic carbocycles. The first-order valence-corrected chi connectivity index (χ1v) is 11.1. The van der Waals surface area contributed by atoms with E-state index < -0.39 is 11.5 Å². The van der Waals surface area contributed by atoms with Gasteiger partial charge in [-0.2, -0.15) is 0 Å². The lowest BCUT2D eigenvalue weighted by molar-refractivity contribution is -0.119. The van der Waals surface area contributed by atoms with Gasteiger partial charge in [0.05, 0.1) is 11.6 Å². The first kappa shape index (κ1) is 24.2. The second kappa shape index (κ2) is 10.6. The lowest BCUT2D eigenvalue weighted by atomic mass is 9.69. The average Bonchev–Trinajstić information content (AvgIpc) is 2.94. The van der Waals surface area contributed by atoms with Crippen LogP contribution in [0.2, 0.25) is 0 Å². The minimum Gasteiger partial charge on any atom is -0.356 e. The lowest BCUT2D eigenvalue weighted by Crippen LogP contribution is -2.60. The molecular weight excluding hydrogens is 456 g/mol. The quantitative estimate of drug-likeness (QED) is 0.442. The molecule has 2 unspecified atom stereocenters. The number of nitrogens with one attached hydrogen (secondary N) is 1. The Kier molecular flexibility index (Phi) is 7.11. The summed E-state index contributed by atoms with van der Waals surface area (Å²) in [5.41, 5.74) is -1.00. The molecule has 7 heteroatoms. The van der Waals surface area contributed by atoms with Crippen LogP contribution in [0.1, 0.15) is 0 Å². The zero-order valence-corrected chi connectivity index (χ0v) is 19.1. The number of benzene rings is 3. The second-order valence-electron chi connectivity index (χ2n) is 8.07. The molecule has 1 N–H and O–H groups in total. The third-order valence-corrected chi connectivity index (χ3v) is 6.20. The Bertz CT molecular complexity index is 1310. The van der Waals surface area contributed by atoms with Crippen molar-refractivity contribution in [3.8, 4) is 0 Å². The molecule has 7 nitrogen and oxygen atoms in total. The number of carbonyl (C=O) groups is 5. The van der Waals surface area contributed by atoms with Gasteiger partial charge in [-0.15, -0.1) is 0 Å². The molecule has 0 heterocycles. The van der Waals surface area contributed by atoms with Crippen molar-refractivity contribution < 1.29 is 24.0 Å². The molecule has 0 bridgehead atoms. The zero-order valence-electron chi connectivity index (χ0n) is 19.1. The first-order chi connectivity index (χ1) is 17.7. The number of hydrogen-bond acceptors (Lipinski definition) is 7. The molecule has 0 saturated carbocycles. The minimum atomic E-state index is -1.92. The minimum absolute atomic E-state index is 0.0104. The van der Waals surface area contributed by atoms with Crippen LogP contribution in [0.3, 0.4) is 0 Å². The molecule has 4 rings (SSSR count). The lowest BCUT2D eigenvalue weighted by Gasteiger charge is -2.48. The van der Waals surface area contributed by atoms with Crippen LogP contribution in [0.5, 0.6) is 0 Å². The van der Waals surface area contributed by atoms with Crippen molar-refractivity contribution in [2.24, 2.45) is 5.92 Å². The van der Waals surface area contributed by atoms with Crippen molar-refractivity contribution in [3.05, 3.63) is 113 Å². The molecule has 0 spiro atoms. The molecule has 0 saturated heterocycles. The molecule has 1 aliphatic rings. The van der Waals surface area contributed by atoms with Crippen LogP contribution in [0.15, 0.2) is 113 Å². The number of nitrogens with zero attached hydrogens (tertiary/aromatic N) is 1. The number of anilines is 3. The van der Waals surface area contributed by atoms with Gasteiger partial charge < -0.3 is 19.8 Å². The zero-order chi connectivity index (χ0) is 25.5. The van der Waals surface area contributed by atoms with Crippen LogP contribution >= 0.6 is 0 Å².